The molecule has 11 heteroatoms. The molecule has 1 saturated carbocycles. The highest BCUT2D eigenvalue weighted by atomic mass is 32.2. The molecule has 0 saturated heterocycles. The zero-order valence-corrected chi connectivity index (χ0v) is 23.7. The van der Waals surface area contributed by atoms with Crippen molar-refractivity contribution in [3.05, 3.63) is 101 Å². The highest BCUT2D eigenvalue weighted by Gasteiger charge is 2.27. The minimum Gasteiger partial charge on any atom is -0.390 e. The van der Waals surface area contributed by atoms with Crippen molar-refractivity contribution < 1.29 is 27.5 Å². The van der Waals surface area contributed by atoms with Crippen LogP contribution in [0.3, 0.4) is 0 Å². The summed E-state index contributed by atoms with van der Waals surface area (Å²) in [5.74, 6) is -1.53. The van der Waals surface area contributed by atoms with Gasteiger partial charge in [0.25, 0.3) is 11.8 Å². The molecule has 4 rings (SSSR count). The van der Waals surface area contributed by atoms with Gasteiger partial charge >= 0.3 is 0 Å². The lowest BCUT2D eigenvalue weighted by molar-refractivity contribution is 0.0830. The Labute approximate surface area is 239 Å². The van der Waals surface area contributed by atoms with Crippen molar-refractivity contribution in [1.82, 2.24) is 16.0 Å². The Hall–Kier alpha value is -3.80. The highest BCUT2D eigenvalue weighted by molar-refractivity contribution is 7.92. The van der Waals surface area contributed by atoms with Crippen LogP contribution in [0.5, 0.6) is 0 Å². The number of sulfonamides is 1. The van der Waals surface area contributed by atoms with Gasteiger partial charge in [0.2, 0.25) is 10.0 Å². The fourth-order valence-electron chi connectivity index (χ4n) is 4.40. The van der Waals surface area contributed by atoms with E-state index >= 15 is 0 Å². The van der Waals surface area contributed by atoms with Gasteiger partial charge in [-0.25, -0.2) is 12.8 Å². The van der Waals surface area contributed by atoms with Crippen LogP contribution < -0.4 is 20.7 Å². The quantitative estimate of drug-likeness (QED) is 0.210. The van der Waals surface area contributed by atoms with E-state index in [1.807, 2.05) is 30.3 Å². The van der Waals surface area contributed by atoms with Crippen LogP contribution in [0.2, 0.25) is 0 Å². The summed E-state index contributed by atoms with van der Waals surface area (Å²) in [4.78, 5) is 26.7. The van der Waals surface area contributed by atoms with Crippen LogP contribution in [-0.2, 0) is 16.4 Å². The number of amides is 2. The first-order valence-electron chi connectivity index (χ1n) is 13.4. The van der Waals surface area contributed by atoms with E-state index in [-0.39, 0.29) is 16.8 Å². The molecule has 1 fully saturated rings. The summed E-state index contributed by atoms with van der Waals surface area (Å²) in [6.07, 6.45) is 2.54. The molecular weight excluding hydrogens is 547 g/mol. The molecular formula is C30H35FN4O5S. The number of aliphatic hydroxyl groups excluding tert-OH is 1. The third kappa shape index (κ3) is 9.38. The fraction of sp³-hybridized carbons (Fsp3) is 0.333. The Morgan fingerprint density at radius 1 is 0.951 bits per heavy atom. The maximum Gasteiger partial charge on any atom is 0.251 e. The molecule has 9 nitrogen and oxygen atoms in total. The predicted molar refractivity (Wildman–Crippen MR) is 156 cm³/mol. The first-order valence-corrected chi connectivity index (χ1v) is 15.3. The number of carbonyl (C=O) groups excluding carboxylic acids is 2. The lowest BCUT2D eigenvalue weighted by Gasteiger charge is -2.25. The van der Waals surface area contributed by atoms with Gasteiger partial charge in [-0.2, -0.15) is 0 Å². The van der Waals surface area contributed by atoms with E-state index < -0.39 is 45.8 Å². The highest BCUT2D eigenvalue weighted by Crippen LogP contribution is 2.21. The van der Waals surface area contributed by atoms with Crippen LogP contribution in [0.1, 0.15) is 57.7 Å². The lowest BCUT2D eigenvalue weighted by atomic mass is 10.00. The van der Waals surface area contributed by atoms with Gasteiger partial charge in [-0.15, -0.1) is 0 Å². The second-order valence-corrected chi connectivity index (χ2v) is 12.2. The van der Waals surface area contributed by atoms with Crippen molar-refractivity contribution in [3.63, 3.8) is 0 Å². The van der Waals surface area contributed by atoms with Crippen LogP contribution >= 0.6 is 0 Å². The summed E-state index contributed by atoms with van der Waals surface area (Å²) in [7, 11) is -3.72. The number of nitrogens with one attached hydrogen (secondary N) is 4. The average Bonchev–Trinajstić information content (AvgIpc) is 3.75. The molecule has 5 N–H and O–H groups in total. The molecule has 0 heterocycles. The topological polar surface area (TPSA) is 137 Å². The third-order valence-electron chi connectivity index (χ3n) is 6.75. The van der Waals surface area contributed by atoms with Gasteiger partial charge in [0.15, 0.2) is 0 Å². The smallest absolute Gasteiger partial charge is 0.251 e. The summed E-state index contributed by atoms with van der Waals surface area (Å²) in [5.41, 5.74) is 1.72. The summed E-state index contributed by atoms with van der Waals surface area (Å²) < 4.78 is 39.6. The van der Waals surface area contributed by atoms with Gasteiger partial charge in [0.1, 0.15) is 5.82 Å². The van der Waals surface area contributed by atoms with Crippen LogP contribution in [0.15, 0.2) is 72.8 Å². The predicted octanol–water partition coefficient (Wildman–Crippen LogP) is 3.14. The Balaban J connectivity index is 1.57. The van der Waals surface area contributed by atoms with Gasteiger partial charge in [0.05, 0.1) is 30.1 Å². The number of aliphatic hydroxyl groups is 1. The molecule has 1 aliphatic rings. The number of benzene rings is 3. The van der Waals surface area contributed by atoms with E-state index in [9.17, 15) is 27.5 Å². The maximum absolute atomic E-state index is 13.5. The van der Waals surface area contributed by atoms with E-state index in [0.29, 0.717) is 24.6 Å². The van der Waals surface area contributed by atoms with Crippen LogP contribution in [0.4, 0.5) is 10.1 Å². The van der Waals surface area contributed by atoms with Crippen molar-refractivity contribution in [2.75, 3.05) is 17.5 Å². The molecule has 0 aromatic heterocycles. The molecule has 0 spiro atoms. The molecule has 218 valence electrons. The largest absolute Gasteiger partial charge is 0.390 e. The van der Waals surface area contributed by atoms with E-state index in [4.69, 9.17) is 0 Å². The Morgan fingerprint density at radius 2 is 1.56 bits per heavy atom. The molecule has 3 aromatic rings. The summed E-state index contributed by atoms with van der Waals surface area (Å²) >= 11 is 0. The molecule has 1 unspecified atom stereocenters. The molecule has 1 aliphatic carbocycles. The summed E-state index contributed by atoms with van der Waals surface area (Å²) in [5, 5.41) is 19.9. The lowest BCUT2D eigenvalue weighted by Crippen LogP contribution is -2.49. The van der Waals surface area contributed by atoms with Gasteiger partial charge in [0, 0.05) is 23.7 Å². The van der Waals surface area contributed by atoms with Crippen LogP contribution in [0, 0.1) is 5.82 Å². The van der Waals surface area contributed by atoms with E-state index in [0.717, 1.165) is 24.7 Å². The van der Waals surface area contributed by atoms with Gasteiger partial charge in [-0.05, 0) is 67.6 Å². The van der Waals surface area contributed by atoms with Crippen molar-refractivity contribution in [3.8, 4) is 0 Å². The number of anilines is 1. The van der Waals surface area contributed by atoms with Crippen LogP contribution in [0.25, 0.3) is 0 Å². The van der Waals surface area contributed by atoms with Crippen molar-refractivity contribution in [2.24, 2.45) is 0 Å². The molecule has 0 radical (unpaired) electrons. The van der Waals surface area contributed by atoms with E-state index in [1.54, 1.807) is 19.1 Å². The molecule has 41 heavy (non-hydrogen) atoms. The van der Waals surface area contributed by atoms with Crippen molar-refractivity contribution in [2.45, 2.75) is 50.4 Å². The van der Waals surface area contributed by atoms with Gasteiger partial charge in [-0.1, -0.05) is 42.5 Å². The number of hydrogen-bond acceptors (Lipinski definition) is 6. The summed E-state index contributed by atoms with van der Waals surface area (Å²) in [6, 6.07) is 18.4. The third-order valence-corrected chi connectivity index (χ3v) is 7.36. The monoisotopic (exact) mass is 582 g/mol. The Kier molecular flexibility index (Phi) is 9.74. The van der Waals surface area contributed by atoms with Crippen molar-refractivity contribution in [1.29, 1.82) is 0 Å². The molecule has 0 aliphatic heterocycles. The molecule has 2 amide bonds. The van der Waals surface area contributed by atoms with E-state index in [1.165, 1.54) is 30.3 Å². The number of halogens is 1. The molecule has 3 atom stereocenters. The molecule has 3 aromatic carbocycles. The maximum atomic E-state index is 13.5. The average molecular weight is 583 g/mol. The SMILES string of the molecule is C[C@@H](NC(=O)c1cc(NS(C)(=O)=O)cc(C(=O)N[C@@H](Cc2ccccc2)C(O)CNC2CC2)c1)c1ccc(F)cc1. The fourth-order valence-corrected chi connectivity index (χ4v) is 4.94. The minimum atomic E-state index is -3.72. The zero-order valence-electron chi connectivity index (χ0n) is 22.9. The van der Waals surface area contributed by atoms with Gasteiger partial charge in [-0.3, -0.25) is 14.3 Å². The normalized spacial score (nSPS) is 15.4. The van der Waals surface area contributed by atoms with Crippen molar-refractivity contribution >= 4 is 27.5 Å². The number of carbonyl (C=O) groups is 2. The second-order valence-electron chi connectivity index (χ2n) is 10.4. The Morgan fingerprint density at radius 3 is 2.15 bits per heavy atom. The second kappa shape index (κ2) is 13.2. The summed E-state index contributed by atoms with van der Waals surface area (Å²) in [6.45, 7) is 2.02. The Bertz CT molecular complexity index is 1460. The number of rotatable bonds is 13. The standard InChI is InChI=1S/C30H35FN4O5S/c1-19(21-8-10-24(31)11-9-21)33-29(37)22-15-23(17-26(16-22)35-41(2,39)40)30(38)34-27(14-20-6-4-3-5-7-20)28(36)18-32-25-12-13-25/h3-11,15-17,19,25,27-28,32,35-36H,12-14,18H2,1-2H3,(H,33,37)(H,34,38)/t19-,27+,28?/m1/s1. The zero-order chi connectivity index (χ0) is 29.6. The van der Waals surface area contributed by atoms with Gasteiger partial charge < -0.3 is 21.1 Å². The molecule has 0 bridgehead atoms. The first-order chi connectivity index (χ1) is 19.5. The number of hydrogen-bond donors (Lipinski definition) is 5. The minimum absolute atomic E-state index is 0.0373. The first kappa shape index (κ1) is 30.2. The van der Waals surface area contributed by atoms with E-state index in [2.05, 4.69) is 20.7 Å². The van der Waals surface area contributed by atoms with Crippen LogP contribution in [-0.4, -0.2) is 56.3 Å².